The summed E-state index contributed by atoms with van der Waals surface area (Å²) in [6.07, 6.45) is 13.7. The predicted octanol–water partition coefficient (Wildman–Crippen LogP) is 4.83. The summed E-state index contributed by atoms with van der Waals surface area (Å²) in [4.78, 5) is 26.5. The molecule has 1 aromatic heterocycles. The second kappa shape index (κ2) is 11.8. The maximum atomic E-state index is 12.5. The molecule has 152 valence electrons. The summed E-state index contributed by atoms with van der Waals surface area (Å²) in [5.74, 6) is 0.938. The molecule has 2 rings (SSSR count). The first-order chi connectivity index (χ1) is 13.1. The summed E-state index contributed by atoms with van der Waals surface area (Å²) in [7, 11) is 0. The molecule has 1 heterocycles. The number of unbranched alkanes of at least 4 members (excludes halogenated alkanes) is 8. The van der Waals surface area contributed by atoms with Crippen LogP contribution in [0, 0.1) is 6.92 Å². The number of rotatable bonds is 14. The fourth-order valence-electron chi connectivity index (χ4n) is 3.30. The molecule has 0 atom stereocenters. The SMILES string of the molecule is CCCCCCCCCCCC(=O)N(CC(=O)Nc1cc(C)on1)C1CC1. The summed E-state index contributed by atoms with van der Waals surface area (Å²) in [6.45, 7) is 4.11. The average Bonchev–Trinajstić information content (AvgIpc) is 3.40. The third-order valence-corrected chi connectivity index (χ3v) is 5.01. The number of nitrogens with one attached hydrogen (secondary N) is 1. The van der Waals surface area contributed by atoms with Crippen LogP contribution in [-0.2, 0) is 9.59 Å². The summed E-state index contributed by atoms with van der Waals surface area (Å²) >= 11 is 0. The number of aromatic nitrogens is 1. The molecule has 0 radical (unpaired) electrons. The Morgan fingerprint density at radius 1 is 1.11 bits per heavy atom. The zero-order chi connectivity index (χ0) is 19.5. The van der Waals surface area contributed by atoms with Crippen LogP contribution in [0.5, 0.6) is 0 Å². The van der Waals surface area contributed by atoms with Crippen molar-refractivity contribution in [3.8, 4) is 0 Å². The first-order valence-electron chi connectivity index (χ1n) is 10.6. The lowest BCUT2D eigenvalue weighted by molar-refractivity contribution is -0.135. The van der Waals surface area contributed by atoms with Crippen LogP contribution in [0.25, 0.3) is 0 Å². The monoisotopic (exact) mass is 377 g/mol. The van der Waals surface area contributed by atoms with E-state index in [1.54, 1.807) is 17.9 Å². The third kappa shape index (κ3) is 8.59. The molecule has 1 aliphatic rings. The zero-order valence-electron chi connectivity index (χ0n) is 17.0. The molecule has 27 heavy (non-hydrogen) atoms. The number of aryl methyl sites for hydroxylation is 1. The maximum Gasteiger partial charge on any atom is 0.245 e. The standard InChI is InChI=1S/C21H35N3O3/c1-3-4-5-6-7-8-9-10-11-12-21(26)24(18-13-14-18)16-20(25)22-19-15-17(2)27-23-19/h15,18H,3-14,16H2,1-2H3,(H,22,23,25). The van der Waals surface area contributed by atoms with Crippen LogP contribution in [0.15, 0.2) is 10.6 Å². The zero-order valence-corrected chi connectivity index (χ0v) is 17.0. The van der Waals surface area contributed by atoms with E-state index in [1.807, 2.05) is 0 Å². The number of anilines is 1. The minimum atomic E-state index is -0.212. The molecule has 0 aromatic carbocycles. The van der Waals surface area contributed by atoms with Crippen LogP contribution in [0.3, 0.4) is 0 Å². The first kappa shape index (κ1) is 21.5. The van der Waals surface area contributed by atoms with Gasteiger partial charge >= 0.3 is 0 Å². The van der Waals surface area contributed by atoms with Crippen molar-refractivity contribution in [2.75, 3.05) is 11.9 Å². The highest BCUT2D eigenvalue weighted by atomic mass is 16.5. The maximum absolute atomic E-state index is 12.5. The van der Waals surface area contributed by atoms with Crippen LogP contribution in [0.2, 0.25) is 0 Å². The molecule has 1 fully saturated rings. The topological polar surface area (TPSA) is 75.4 Å². The molecule has 6 heteroatoms. The van der Waals surface area contributed by atoms with E-state index in [0.717, 1.165) is 25.7 Å². The lowest BCUT2D eigenvalue weighted by Crippen LogP contribution is -2.39. The third-order valence-electron chi connectivity index (χ3n) is 5.01. The summed E-state index contributed by atoms with van der Waals surface area (Å²) in [5.41, 5.74) is 0. The Bertz CT molecular complexity index is 581. The molecule has 6 nitrogen and oxygen atoms in total. The highest BCUT2D eigenvalue weighted by Gasteiger charge is 2.33. The fraction of sp³-hybridized carbons (Fsp3) is 0.762. The average molecular weight is 378 g/mol. The number of carbonyl (C=O) groups excluding carboxylic acids is 2. The van der Waals surface area contributed by atoms with Gasteiger partial charge in [-0.05, 0) is 26.2 Å². The highest BCUT2D eigenvalue weighted by molar-refractivity contribution is 5.94. The van der Waals surface area contributed by atoms with Gasteiger partial charge in [0.15, 0.2) is 5.82 Å². The molecule has 0 aliphatic heterocycles. The quantitative estimate of drug-likeness (QED) is 0.471. The molecule has 1 N–H and O–H groups in total. The van der Waals surface area contributed by atoms with E-state index < -0.39 is 0 Å². The smallest absolute Gasteiger partial charge is 0.245 e. The molecular formula is C21H35N3O3. The lowest BCUT2D eigenvalue weighted by atomic mass is 10.1. The Balaban J connectivity index is 1.61. The van der Waals surface area contributed by atoms with E-state index >= 15 is 0 Å². The Morgan fingerprint density at radius 3 is 2.30 bits per heavy atom. The number of amides is 2. The van der Waals surface area contributed by atoms with Crippen LogP contribution in [-0.4, -0.2) is 34.5 Å². The molecule has 1 aromatic rings. The van der Waals surface area contributed by atoms with Gasteiger partial charge < -0.3 is 14.7 Å². The van der Waals surface area contributed by atoms with Crippen molar-refractivity contribution in [1.82, 2.24) is 10.1 Å². The van der Waals surface area contributed by atoms with Gasteiger partial charge in [0, 0.05) is 18.5 Å². The summed E-state index contributed by atoms with van der Waals surface area (Å²) < 4.78 is 4.94. The van der Waals surface area contributed by atoms with Crippen molar-refractivity contribution >= 4 is 17.6 Å². The van der Waals surface area contributed by atoms with Crippen LogP contribution in [0.4, 0.5) is 5.82 Å². The Labute approximate surface area is 163 Å². The van der Waals surface area contributed by atoms with Gasteiger partial charge in [-0.3, -0.25) is 9.59 Å². The van der Waals surface area contributed by atoms with Gasteiger partial charge in [-0.1, -0.05) is 63.4 Å². The Hall–Kier alpha value is -1.85. The van der Waals surface area contributed by atoms with Gasteiger partial charge in [0.2, 0.25) is 11.8 Å². The molecule has 0 spiro atoms. The van der Waals surface area contributed by atoms with Crippen molar-refractivity contribution in [3.05, 3.63) is 11.8 Å². The fourth-order valence-corrected chi connectivity index (χ4v) is 3.30. The normalized spacial score (nSPS) is 13.6. The van der Waals surface area contributed by atoms with Crippen molar-refractivity contribution in [2.45, 2.75) is 96.9 Å². The molecular weight excluding hydrogens is 342 g/mol. The van der Waals surface area contributed by atoms with E-state index in [1.165, 1.54) is 44.9 Å². The Morgan fingerprint density at radius 2 is 1.74 bits per heavy atom. The van der Waals surface area contributed by atoms with Gasteiger partial charge in [0.05, 0.1) is 0 Å². The van der Waals surface area contributed by atoms with Gasteiger partial charge in [-0.2, -0.15) is 0 Å². The molecule has 2 amide bonds. The minimum Gasteiger partial charge on any atom is -0.360 e. The predicted molar refractivity (Wildman–Crippen MR) is 106 cm³/mol. The molecule has 0 saturated heterocycles. The lowest BCUT2D eigenvalue weighted by Gasteiger charge is -2.21. The van der Waals surface area contributed by atoms with Crippen LogP contribution in [0.1, 0.15) is 89.7 Å². The van der Waals surface area contributed by atoms with Crippen LogP contribution < -0.4 is 5.32 Å². The van der Waals surface area contributed by atoms with E-state index in [0.29, 0.717) is 18.0 Å². The van der Waals surface area contributed by atoms with Crippen molar-refractivity contribution < 1.29 is 14.1 Å². The second-order valence-electron chi connectivity index (χ2n) is 7.70. The van der Waals surface area contributed by atoms with Crippen molar-refractivity contribution in [2.24, 2.45) is 0 Å². The number of hydrogen-bond donors (Lipinski definition) is 1. The van der Waals surface area contributed by atoms with E-state index in [-0.39, 0.29) is 24.4 Å². The molecule has 1 aliphatic carbocycles. The molecule has 0 bridgehead atoms. The minimum absolute atomic E-state index is 0.104. The van der Waals surface area contributed by atoms with Gasteiger partial charge in [0.1, 0.15) is 12.3 Å². The number of carbonyl (C=O) groups is 2. The summed E-state index contributed by atoms with van der Waals surface area (Å²) in [5, 5.41) is 6.46. The van der Waals surface area contributed by atoms with Crippen molar-refractivity contribution in [1.29, 1.82) is 0 Å². The molecule has 0 unspecified atom stereocenters. The van der Waals surface area contributed by atoms with Crippen molar-refractivity contribution in [3.63, 3.8) is 0 Å². The number of hydrogen-bond acceptors (Lipinski definition) is 4. The largest absolute Gasteiger partial charge is 0.360 e. The van der Waals surface area contributed by atoms with E-state index in [2.05, 4.69) is 17.4 Å². The van der Waals surface area contributed by atoms with Gasteiger partial charge in [0.25, 0.3) is 0 Å². The van der Waals surface area contributed by atoms with E-state index in [9.17, 15) is 9.59 Å². The molecule has 1 saturated carbocycles. The Kier molecular flexibility index (Phi) is 9.36. The second-order valence-corrected chi connectivity index (χ2v) is 7.70. The van der Waals surface area contributed by atoms with Gasteiger partial charge in [-0.15, -0.1) is 0 Å². The van der Waals surface area contributed by atoms with Crippen LogP contribution >= 0.6 is 0 Å². The van der Waals surface area contributed by atoms with Gasteiger partial charge in [-0.25, -0.2) is 0 Å². The highest BCUT2D eigenvalue weighted by Crippen LogP contribution is 2.27. The summed E-state index contributed by atoms with van der Waals surface area (Å²) in [6, 6.07) is 1.91. The number of nitrogens with zero attached hydrogens (tertiary/aromatic N) is 2. The first-order valence-corrected chi connectivity index (χ1v) is 10.6. The van der Waals surface area contributed by atoms with E-state index in [4.69, 9.17) is 4.52 Å².